The van der Waals surface area contributed by atoms with E-state index in [9.17, 15) is 18.0 Å². The molecule has 0 saturated carbocycles. The van der Waals surface area contributed by atoms with Gasteiger partial charge in [-0.15, -0.1) is 13.2 Å². The first-order valence-electron chi connectivity index (χ1n) is 7.25. The number of hydrogen-bond acceptors (Lipinski definition) is 4. The fourth-order valence-electron chi connectivity index (χ4n) is 2.00. The quantitative estimate of drug-likeness (QED) is 0.876. The van der Waals surface area contributed by atoms with E-state index in [4.69, 9.17) is 0 Å². The zero-order valence-electron chi connectivity index (χ0n) is 13.1. The highest BCUT2D eigenvalue weighted by Gasteiger charge is 2.31. The molecule has 0 spiro atoms. The summed E-state index contributed by atoms with van der Waals surface area (Å²) in [4.78, 5) is 13.7. The molecule has 0 aliphatic heterocycles. The van der Waals surface area contributed by atoms with Gasteiger partial charge < -0.3 is 10.1 Å². The van der Waals surface area contributed by atoms with E-state index >= 15 is 0 Å². The highest BCUT2D eigenvalue weighted by Crippen LogP contribution is 2.22. The third kappa shape index (κ3) is 5.25. The Kier molecular flexibility index (Phi) is 5.42. The standard InChI is InChI=1S/C15H17F3N4O2/c1-10(2)13(9-22-19-7-8-20-22)21-14(23)11-3-5-12(6-4-11)24-15(16,17)18/h3-8,10,13H,9H2,1-2H3,(H,21,23)/t13-/m1/s1. The first kappa shape index (κ1) is 17.8. The van der Waals surface area contributed by atoms with Crippen LogP contribution in [0.15, 0.2) is 36.7 Å². The number of carbonyl (C=O) groups excluding carboxylic acids is 1. The number of benzene rings is 1. The molecule has 1 amide bonds. The van der Waals surface area contributed by atoms with Gasteiger partial charge in [0.25, 0.3) is 5.91 Å². The van der Waals surface area contributed by atoms with Crippen LogP contribution < -0.4 is 10.1 Å². The molecule has 1 N–H and O–H groups in total. The number of amides is 1. The van der Waals surface area contributed by atoms with Gasteiger partial charge >= 0.3 is 6.36 Å². The highest BCUT2D eigenvalue weighted by atomic mass is 19.4. The number of nitrogens with one attached hydrogen (secondary N) is 1. The van der Waals surface area contributed by atoms with E-state index in [2.05, 4.69) is 20.3 Å². The van der Waals surface area contributed by atoms with E-state index in [1.807, 2.05) is 13.8 Å². The van der Waals surface area contributed by atoms with Crippen molar-refractivity contribution in [2.24, 2.45) is 5.92 Å². The third-order valence-electron chi connectivity index (χ3n) is 3.30. The zero-order chi connectivity index (χ0) is 17.7. The molecular formula is C15H17F3N4O2. The smallest absolute Gasteiger partial charge is 0.406 e. The normalized spacial score (nSPS) is 12.9. The molecule has 130 valence electrons. The Balaban J connectivity index is 2.01. The summed E-state index contributed by atoms with van der Waals surface area (Å²) in [5.41, 5.74) is 0.239. The molecule has 1 heterocycles. The summed E-state index contributed by atoms with van der Waals surface area (Å²) >= 11 is 0. The number of aromatic nitrogens is 3. The molecule has 1 aromatic heterocycles. The fraction of sp³-hybridized carbons (Fsp3) is 0.400. The summed E-state index contributed by atoms with van der Waals surface area (Å²) in [5.74, 6) is -0.646. The van der Waals surface area contributed by atoms with Crippen LogP contribution in [0, 0.1) is 5.92 Å². The maximum Gasteiger partial charge on any atom is 0.573 e. The van der Waals surface area contributed by atoms with Crippen molar-refractivity contribution in [3.05, 3.63) is 42.2 Å². The van der Waals surface area contributed by atoms with Crippen LogP contribution in [0.25, 0.3) is 0 Å². The predicted octanol–water partition coefficient (Wildman–Crippen LogP) is 2.63. The first-order chi connectivity index (χ1) is 11.2. The zero-order valence-corrected chi connectivity index (χ0v) is 13.1. The number of ether oxygens (including phenoxy) is 1. The van der Waals surface area contributed by atoms with Gasteiger partial charge in [-0.1, -0.05) is 13.8 Å². The lowest BCUT2D eigenvalue weighted by Gasteiger charge is -2.22. The molecule has 9 heteroatoms. The molecule has 0 aliphatic rings. The molecule has 2 aromatic rings. The molecule has 2 rings (SSSR count). The van der Waals surface area contributed by atoms with E-state index in [1.54, 1.807) is 12.4 Å². The predicted molar refractivity (Wildman–Crippen MR) is 79.2 cm³/mol. The number of rotatable bonds is 6. The van der Waals surface area contributed by atoms with Crippen molar-refractivity contribution >= 4 is 5.91 Å². The summed E-state index contributed by atoms with van der Waals surface area (Å²) < 4.78 is 40.2. The van der Waals surface area contributed by atoms with E-state index in [0.717, 1.165) is 12.1 Å². The Bertz CT molecular complexity index is 654. The van der Waals surface area contributed by atoms with Gasteiger partial charge in [0.1, 0.15) is 5.75 Å². The van der Waals surface area contributed by atoms with Gasteiger partial charge in [0, 0.05) is 5.56 Å². The van der Waals surface area contributed by atoms with Crippen LogP contribution in [-0.2, 0) is 6.54 Å². The average molecular weight is 342 g/mol. The van der Waals surface area contributed by atoms with Gasteiger partial charge in [0.2, 0.25) is 0 Å². The molecule has 24 heavy (non-hydrogen) atoms. The summed E-state index contributed by atoms with van der Waals surface area (Å²) in [6.45, 7) is 4.27. The van der Waals surface area contributed by atoms with Crippen molar-refractivity contribution in [3.8, 4) is 5.75 Å². The minimum absolute atomic E-state index is 0.118. The van der Waals surface area contributed by atoms with Crippen LogP contribution in [-0.4, -0.2) is 33.3 Å². The van der Waals surface area contributed by atoms with E-state index in [0.29, 0.717) is 6.54 Å². The maximum atomic E-state index is 12.3. The SMILES string of the molecule is CC(C)[C@@H](Cn1nccn1)NC(=O)c1ccc(OC(F)(F)F)cc1. The van der Waals surface area contributed by atoms with Crippen LogP contribution >= 0.6 is 0 Å². The Morgan fingerprint density at radius 2 is 1.79 bits per heavy atom. The van der Waals surface area contributed by atoms with Crippen molar-refractivity contribution in [3.63, 3.8) is 0 Å². The molecule has 0 saturated heterocycles. The van der Waals surface area contributed by atoms with Gasteiger partial charge in [-0.05, 0) is 30.2 Å². The Hall–Kier alpha value is -2.58. The van der Waals surface area contributed by atoms with Crippen LogP contribution in [0.5, 0.6) is 5.75 Å². The van der Waals surface area contributed by atoms with Crippen molar-refractivity contribution in [2.45, 2.75) is 32.8 Å². The summed E-state index contributed by atoms with van der Waals surface area (Å²) in [5, 5.41) is 10.8. The molecule has 0 bridgehead atoms. The second-order valence-corrected chi connectivity index (χ2v) is 5.48. The Morgan fingerprint density at radius 1 is 1.21 bits per heavy atom. The molecule has 0 fully saturated rings. The minimum atomic E-state index is -4.76. The third-order valence-corrected chi connectivity index (χ3v) is 3.30. The summed E-state index contributed by atoms with van der Waals surface area (Å²) in [6.07, 6.45) is -1.68. The molecule has 1 atom stereocenters. The number of carbonyl (C=O) groups is 1. The lowest BCUT2D eigenvalue weighted by atomic mass is 10.0. The van der Waals surface area contributed by atoms with Crippen molar-refractivity contribution in [1.82, 2.24) is 20.3 Å². The van der Waals surface area contributed by atoms with Crippen LogP contribution in [0.1, 0.15) is 24.2 Å². The first-order valence-corrected chi connectivity index (χ1v) is 7.25. The molecule has 1 aromatic carbocycles. The van der Waals surface area contributed by atoms with Gasteiger partial charge in [0.15, 0.2) is 0 Å². The fourth-order valence-corrected chi connectivity index (χ4v) is 2.00. The monoisotopic (exact) mass is 342 g/mol. The largest absolute Gasteiger partial charge is 0.573 e. The lowest BCUT2D eigenvalue weighted by molar-refractivity contribution is -0.274. The van der Waals surface area contributed by atoms with Crippen LogP contribution in [0.2, 0.25) is 0 Å². The van der Waals surface area contributed by atoms with E-state index < -0.39 is 6.36 Å². The number of halogens is 3. The molecule has 0 radical (unpaired) electrons. The molecule has 6 nitrogen and oxygen atoms in total. The maximum absolute atomic E-state index is 12.3. The van der Waals surface area contributed by atoms with Gasteiger partial charge in [-0.3, -0.25) is 4.79 Å². The molecular weight excluding hydrogens is 325 g/mol. The van der Waals surface area contributed by atoms with Crippen LogP contribution in [0.4, 0.5) is 13.2 Å². The van der Waals surface area contributed by atoms with E-state index in [-0.39, 0.29) is 29.2 Å². The van der Waals surface area contributed by atoms with Crippen LogP contribution in [0.3, 0.4) is 0 Å². The average Bonchev–Trinajstić information content (AvgIpc) is 2.98. The topological polar surface area (TPSA) is 69.0 Å². The Morgan fingerprint density at radius 3 is 2.29 bits per heavy atom. The summed E-state index contributed by atoms with van der Waals surface area (Å²) in [6, 6.07) is 4.53. The van der Waals surface area contributed by atoms with Gasteiger partial charge in [-0.2, -0.15) is 15.0 Å². The van der Waals surface area contributed by atoms with Crippen molar-refractivity contribution in [1.29, 1.82) is 0 Å². The minimum Gasteiger partial charge on any atom is -0.406 e. The highest BCUT2D eigenvalue weighted by molar-refractivity contribution is 5.94. The molecule has 0 unspecified atom stereocenters. The van der Waals surface area contributed by atoms with Gasteiger partial charge in [-0.25, -0.2) is 0 Å². The Labute approximate surface area is 136 Å². The number of hydrogen-bond donors (Lipinski definition) is 1. The summed E-state index contributed by atoms with van der Waals surface area (Å²) in [7, 11) is 0. The molecule has 0 aliphatic carbocycles. The van der Waals surface area contributed by atoms with Crippen molar-refractivity contribution in [2.75, 3.05) is 0 Å². The van der Waals surface area contributed by atoms with E-state index in [1.165, 1.54) is 16.9 Å². The second-order valence-electron chi connectivity index (χ2n) is 5.48. The van der Waals surface area contributed by atoms with Crippen molar-refractivity contribution < 1.29 is 22.7 Å². The number of alkyl halides is 3. The second kappa shape index (κ2) is 7.33. The van der Waals surface area contributed by atoms with Gasteiger partial charge in [0.05, 0.1) is 25.0 Å². The lowest BCUT2D eigenvalue weighted by Crippen LogP contribution is -2.42. The number of nitrogens with zero attached hydrogens (tertiary/aromatic N) is 3.